The highest BCUT2D eigenvalue weighted by Crippen LogP contribution is 2.39. The molecule has 0 radical (unpaired) electrons. The minimum atomic E-state index is -0.785. The van der Waals surface area contributed by atoms with Crippen molar-refractivity contribution in [2.75, 3.05) is 0 Å². The number of allylic oxidation sites excluding steroid dienone is 2. The van der Waals surface area contributed by atoms with E-state index in [-0.39, 0.29) is 29.4 Å². The van der Waals surface area contributed by atoms with Crippen LogP contribution in [-0.2, 0) is 20.9 Å². The quantitative estimate of drug-likeness (QED) is 0.837. The smallest absolute Gasteiger partial charge is 0.338 e. The molecule has 0 fully saturated rings. The molecule has 6 heteroatoms. The van der Waals surface area contributed by atoms with Crippen molar-refractivity contribution in [3.63, 3.8) is 0 Å². The zero-order chi connectivity index (χ0) is 19.4. The molecule has 1 aliphatic rings. The topological polar surface area (TPSA) is 85.3 Å². The van der Waals surface area contributed by atoms with Crippen LogP contribution in [-0.4, -0.2) is 5.97 Å². The van der Waals surface area contributed by atoms with Gasteiger partial charge in [0, 0.05) is 0 Å². The lowest BCUT2D eigenvalue weighted by molar-refractivity contribution is -0.140. The van der Waals surface area contributed by atoms with E-state index >= 15 is 0 Å². The Hall–Kier alpha value is -3.59. The first-order chi connectivity index (χ1) is 13.0. The molecule has 0 bridgehead atoms. The highest BCUT2D eigenvalue weighted by Gasteiger charge is 2.36. The van der Waals surface area contributed by atoms with E-state index in [1.807, 2.05) is 36.4 Å². The molecule has 2 aromatic rings. The molecule has 2 aromatic carbocycles. The highest BCUT2D eigenvalue weighted by atomic mass is 19.1. The Bertz CT molecular complexity index is 957. The molecule has 136 valence electrons. The maximum atomic E-state index is 13.3. The highest BCUT2D eigenvalue weighted by molar-refractivity contribution is 5.92. The summed E-state index contributed by atoms with van der Waals surface area (Å²) >= 11 is 0. The van der Waals surface area contributed by atoms with Gasteiger partial charge in [0.05, 0.1) is 11.5 Å². The third-order valence-electron chi connectivity index (χ3n) is 4.24. The summed E-state index contributed by atoms with van der Waals surface area (Å²) in [5, 5.41) is 9.52. The molecule has 0 amide bonds. The van der Waals surface area contributed by atoms with E-state index in [0.717, 1.165) is 5.56 Å². The second-order valence-electron chi connectivity index (χ2n) is 6.01. The summed E-state index contributed by atoms with van der Waals surface area (Å²) < 4.78 is 24.1. The summed E-state index contributed by atoms with van der Waals surface area (Å²) in [5.74, 6) is -1.66. The number of carbonyl (C=O) groups excluding carboxylic acids is 1. The molecule has 0 unspecified atom stereocenters. The van der Waals surface area contributed by atoms with Crippen molar-refractivity contribution in [2.45, 2.75) is 19.4 Å². The number of nitrogens with zero attached hydrogens (tertiary/aromatic N) is 1. The summed E-state index contributed by atoms with van der Waals surface area (Å²) in [6.07, 6.45) is 0. The number of rotatable bonds is 4. The van der Waals surface area contributed by atoms with Crippen LogP contribution in [0.15, 0.2) is 77.4 Å². The minimum absolute atomic E-state index is 0.0771. The molecular formula is C21H17FN2O3. The molecule has 1 aliphatic heterocycles. The third kappa shape index (κ3) is 3.82. The van der Waals surface area contributed by atoms with Crippen LogP contribution in [0.4, 0.5) is 4.39 Å². The Kier molecular flexibility index (Phi) is 5.23. The van der Waals surface area contributed by atoms with Crippen molar-refractivity contribution < 1.29 is 18.7 Å². The Morgan fingerprint density at radius 1 is 1.22 bits per heavy atom. The molecule has 3 rings (SSSR count). The van der Waals surface area contributed by atoms with Gasteiger partial charge in [0.15, 0.2) is 0 Å². The normalized spacial score (nSPS) is 16.6. The van der Waals surface area contributed by atoms with E-state index < -0.39 is 17.7 Å². The van der Waals surface area contributed by atoms with Crippen molar-refractivity contribution in [2.24, 2.45) is 5.73 Å². The molecule has 0 saturated heterocycles. The summed E-state index contributed by atoms with van der Waals surface area (Å²) in [4.78, 5) is 12.8. The summed E-state index contributed by atoms with van der Waals surface area (Å²) in [7, 11) is 0. The Morgan fingerprint density at radius 2 is 1.89 bits per heavy atom. The minimum Gasteiger partial charge on any atom is -0.457 e. The first kappa shape index (κ1) is 18.2. The second kappa shape index (κ2) is 7.75. The fourth-order valence-corrected chi connectivity index (χ4v) is 2.94. The fourth-order valence-electron chi connectivity index (χ4n) is 2.94. The summed E-state index contributed by atoms with van der Waals surface area (Å²) in [5.41, 5.74) is 7.47. The van der Waals surface area contributed by atoms with Gasteiger partial charge in [-0.2, -0.15) is 5.26 Å². The predicted molar refractivity (Wildman–Crippen MR) is 96.0 cm³/mol. The van der Waals surface area contributed by atoms with Crippen LogP contribution < -0.4 is 5.73 Å². The van der Waals surface area contributed by atoms with Crippen LogP contribution >= 0.6 is 0 Å². The first-order valence-electron chi connectivity index (χ1n) is 8.26. The molecule has 1 atom stereocenters. The van der Waals surface area contributed by atoms with Crippen molar-refractivity contribution in [1.82, 2.24) is 0 Å². The van der Waals surface area contributed by atoms with Gasteiger partial charge >= 0.3 is 5.97 Å². The molecule has 27 heavy (non-hydrogen) atoms. The molecule has 0 spiro atoms. The van der Waals surface area contributed by atoms with Crippen molar-refractivity contribution in [3.05, 3.63) is 94.3 Å². The lowest BCUT2D eigenvalue weighted by atomic mass is 9.83. The van der Waals surface area contributed by atoms with Crippen molar-refractivity contribution >= 4 is 5.97 Å². The number of halogens is 1. The van der Waals surface area contributed by atoms with Gasteiger partial charge in [-0.15, -0.1) is 0 Å². The van der Waals surface area contributed by atoms with E-state index in [9.17, 15) is 14.4 Å². The van der Waals surface area contributed by atoms with E-state index in [2.05, 4.69) is 0 Å². The van der Waals surface area contributed by atoms with E-state index in [1.54, 1.807) is 6.92 Å². The number of hydrogen-bond acceptors (Lipinski definition) is 5. The van der Waals surface area contributed by atoms with Crippen LogP contribution in [0.1, 0.15) is 24.0 Å². The van der Waals surface area contributed by atoms with E-state index in [4.69, 9.17) is 15.2 Å². The zero-order valence-corrected chi connectivity index (χ0v) is 14.6. The Morgan fingerprint density at radius 3 is 2.52 bits per heavy atom. The SMILES string of the molecule is CC1=C(C(=O)OCc2ccccc2)[C@H](c2ccc(F)cc2)C(C#N)=C(N)O1. The zero-order valence-electron chi connectivity index (χ0n) is 14.6. The summed E-state index contributed by atoms with van der Waals surface area (Å²) in [6.45, 7) is 1.66. The van der Waals surface area contributed by atoms with Crippen LogP contribution in [0, 0.1) is 17.1 Å². The average molecular weight is 364 g/mol. The third-order valence-corrected chi connectivity index (χ3v) is 4.24. The van der Waals surface area contributed by atoms with Gasteiger partial charge in [0.25, 0.3) is 0 Å². The maximum absolute atomic E-state index is 13.3. The maximum Gasteiger partial charge on any atom is 0.338 e. The van der Waals surface area contributed by atoms with Gasteiger partial charge in [0.2, 0.25) is 5.88 Å². The first-order valence-corrected chi connectivity index (χ1v) is 8.26. The molecular weight excluding hydrogens is 347 g/mol. The van der Waals surface area contributed by atoms with Gasteiger partial charge in [-0.05, 0) is 30.2 Å². The average Bonchev–Trinajstić information content (AvgIpc) is 2.67. The number of nitriles is 1. The number of esters is 1. The van der Waals surface area contributed by atoms with Crippen LogP contribution in [0.3, 0.4) is 0 Å². The van der Waals surface area contributed by atoms with E-state index in [0.29, 0.717) is 5.56 Å². The van der Waals surface area contributed by atoms with Crippen LogP contribution in [0.25, 0.3) is 0 Å². The Labute approximate surface area is 156 Å². The second-order valence-corrected chi connectivity index (χ2v) is 6.01. The van der Waals surface area contributed by atoms with Crippen LogP contribution in [0.5, 0.6) is 0 Å². The number of benzene rings is 2. The number of hydrogen-bond donors (Lipinski definition) is 1. The van der Waals surface area contributed by atoms with E-state index in [1.165, 1.54) is 24.3 Å². The monoisotopic (exact) mass is 364 g/mol. The van der Waals surface area contributed by atoms with Crippen LogP contribution in [0.2, 0.25) is 0 Å². The molecule has 0 aliphatic carbocycles. The largest absolute Gasteiger partial charge is 0.457 e. The summed E-state index contributed by atoms with van der Waals surface area (Å²) in [6, 6.07) is 16.8. The molecule has 5 nitrogen and oxygen atoms in total. The van der Waals surface area contributed by atoms with Crippen molar-refractivity contribution in [3.8, 4) is 6.07 Å². The van der Waals surface area contributed by atoms with Gasteiger partial charge in [-0.25, -0.2) is 9.18 Å². The Balaban J connectivity index is 1.94. The predicted octanol–water partition coefficient (Wildman–Crippen LogP) is 3.65. The lowest BCUT2D eigenvalue weighted by Gasteiger charge is -2.26. The van der Waals surface area contributed by atoms with Gasteiger partial charge < -0.3 is 15.2 Å². The number of ether oxygens (including phenoxy) is 2. The molecule has 0 aromatic heterocycles. The van der Waals surface area contributed by atoms with Gasteiger partial charge in [0.1, 0.15) is 29.8 Å². The number of nitrogens with two attached hydrogens (primary N) is 1. The fraction of sp³-hybridized carbons (Fsp3) is 0.143. The number of carbonyl (C=O) groups is 1. The van der Waals surface area contributed by atoms with Gasteiger partial charge in [-0.1, -0.05) is 42.5 Å². The lowest BCUT2D eigenvalue weighted by Crippen LogP contribution is -2.25. The molecule has 0 saturated carbocycles. The molecule has 1 heterocycles. The standard InChI is InChI=1S/C21H17FN2O3/c1-13-18(21(25)26-12-14-5-3-2-4-6-14)19(17(11-23)20(24)27-13)15-7-9-16(22)10-8-15/h2-10,19H,12,24H2,1H3/t19-/m1/s1. The van der Waals surface area contributed by atoms with Gasteiger partial charge in [-0.3, -0.25) is 0 Å². The molecule has 2 N–H and O–H groups in total. The van der Waals surface area contributed by atoms with Crippen molar-refractivity contribution in [1.29, 1.82) is 5.26 Å².